The highest BCUT2D eigenvalue weighted by Crippen LogP contribution is 2.44. The van der Waals surface area contributed by atoms with Crippen LogP contribution in [-0.2, 0) is 16.0 Å². The minimum absolute atomic E-state index is 0.0107. The van der Waals surface area contributed by atoms with Crippen molar-refractivity contribution in [2.45, 2.75) is 111 Å². The normalized spacial score (nSPS) is 19.3. The number of methoxy groups -OCH3 is 1. The fourth-order valence-corrected chi connectivity index (χ4v) is 8.30. The molecule has 0 spiro atoms. The molecule has 282 valence electrons. The number of hydrogen-bond acceptors (Lipinski definition) is 6. The Hall–Kier alpha value is -3.91. The molecule has 0 saturated heterocycles. The number of anilines is 2. The van der Waals surface area contributed by atoms with Gasteiger partial charge in [-0.2, -0.15) is 0 Å². The standard InChI is InChI=1S/C43H58ClN3O5/c1-28(2)51-38-25-36-31(23-37(38)50-10)24-39(48)47(40(36)30-13-15-32(44)16-14-30)35-21-19-33(20-22-35)45(8)26-29-11-17-34(18-12-29)46(9)41(49)52-43(6,7)27-42(3,4)5/h13-16,19-23,25,28-29,34,40H,11-12,17-18,24,26-27H2,1-10H3. The van der Waals surface area contributed by atoms with E-state index in [0.29, 0.717) is 22.4 Å². The zero-order chi connectivity index (χ0) is 38.0. The first-order chi connectivity index (χ1) is 24.4. The van der Waals surface area contributed by atoms with E-state index in [1.165, 1.54) is 0 Å². The summed E-state index contributed by atoms with van der Waals surface area (Å²) >= 11 is 6.30. The Bertz CT molecular complexity index is 1690. The highest BCUT2D eigenvalue weighted by molar-refractivity contribution is 6.30. The van der Waals surface area contributed by atoms with Crippen LogP contribution in [0.1, 0.15) is 103 Å². The highest BCUT2D eigenvalue weighted by atomic mass is 35.5. The second kappa shape index (κ2) is 16.0. The molecule has 0 radical (unpaired) electrons. The lowest BCUT2D eigenvalue weighted by atomic mass is 9.83. The summed E-state index contributed by atoms with van der Waals surface area (Å²) in [5.74, 6) is 1.81. The van der Waals surface area contributed by atoms with Gasteiger partial charge in [0, 0.05) is 43.1 Å². The first kappa shape index (κ1) is 39.3. The molecule has 1 aliphatic carbocycles. The maximum Gasteiger partial charge on any atom is 0.410 e. The van der Waals surface area contributed by atoms with Crippen LogP contribution in [0.25, 0.3) is 0 Å². The second-order valence-electron chi connectivity index (χ2n) is 16.8. The SMILES string of the molecule is COc1cc2c(cc1OC(C)C)C(c1ccc(Cl)cc1)N(c1ccc(N(C)CC3CCC(N(C)C(=O)OC(C)(C)CC(C)(C)C)CC3)cc1)C(=O)C2. The van der Waals surface area contributed by atoms with Crippen molar-refractivity contribution >= 4 is 35.0 Å². The summed E-state index contributed by atoms with van der Waals surface area (Å²) in [6, 6.07) is 19.8. The van der Waals surface area contributed by atoms with Gasteiger partial charge in [0.2, 0.25) is 5.91 Å². The van der Waals surface area contributed by atoms with Crippen molar-refractivity contribution in [2.24, 2.45) is 11.3 Å². The Kier molecular flexibility index (Phi) is 12.1. The van der Waals surface area contributed by atoms with Gasteiger partial charge in [0.05, 0.1) is 25.7 Å². The zero-order valence-corrected chi connectivity index (χ0v) is 33.5. The molecule has 5 rings (SSSR count). The molecule has 1 saturated carbocycles. The van der Waals surface area contributed by atoms with Crippen LogP contribution in [-0.4, -0.2) is 62.4 Å². The van der Waals surface area contributed by atoms with Gasteiger partial charge in [0.25, 0.3) is 0 Å². The van der Waals surface area contributed by atoms with Crippen LogP contribution in [0, 0.1) is 11.3 Å². The predicted octanol–water partition coefficient (Wildman–Crippen LogP) is 10.1. The Balaban J connectivity index is 1.28. The average Bonchev–Trinajstić information content (AvgIpc) is 3.06. The molecule has 3 aromatic carbocycles. The van der Waals surface area contributed by atoms with Gasteiger partial charge >= 0.3 is 6.09 Å². The lowest BCUT2D eigenvalue weighted by molar-refractivity contribution is -0.118. The van der Waals surface area contributed by atoms with Gasteiger partial charge in [-0.05, 0) is 136 Å². The molecular formula is C43H58ClN3O5. The van der Waals surface area contributed by atoms with E-state index in [-0.39, 0.29) is 42.0 Å². The second-order valence-corrected chi connectivity index (χ2v) is 17.2. The highest BCUT2D eigenvalue weighted by Gasteiger charge is 2.37. The molecule has 9 heteroatoms. The number of benzene rings is 3. The smallest absolute Gasteiger partial charge is 0.410 e. The summed E-state index contributed by atoms with van der Waals surface area (Å²) in [5.41, 5.74) is 4.38. The lowest BCUT2D eigenvalue weighted by Gasteiger charge is -2.39. The molecule has 3 aromatic rings. The van der Waals surface area contributed by atoms with Crippen molar-refractivity contribution in [1.82, 2.24) is 4.90 Å². The molecule has 52 heavy (non-hydrogen) atoms. The van der Waals surface area contributed by atoms with Crippen LogP contribution in [0.15, 0.2) is 60.7 Å². The first-order valence-electron chi connectivity index (χ1n) is 18.7. The minimum atomic E-state index is -0.512. The molecule has 0 aromatic heterocycles. The number of nitrogens with zero attached hydrogens (tertiary/aromatic N) is 3. The van der Waals surface area contributed by atoms with E-state index < -0.39 is 5.60 Å². The predicted molar refractivity (Wildman–Crippen MR) is 211 cm³/mol. The maximum absolute atomic E-state index is 14.0. The van der Waals surface area contributed by atoms with Crippen LogP contribution < -0.4 is 19.3 Å². The number of hydrogen-bond donors (Lipinski definition) is 0. The molecule has 1 unspecified atom stereocenters. The molecule has 2 amide bonds. The third-order valence-corrected chi connectivity index (χ3v) is 10.5. The van der Waals surface area contributed by atoms with E-state index in [1.54, 1.807) is 7.11 Å². The fourth-order valence-electron chi connectivity index (χ4n) is 8.17. The summed E-state index contributed by atoms with van der Waals surface area (Å²) in [4.78, 5) is 33.0. The number of carbonyl (C=O) groups excluding carboxylic acids is 2. The van der Waals surface area contributed by atoms with Gasteiger partial charge in [-0.15, -0.1) is 0 Å². The Morgan fingerprint density at radius 3 is 2.13 bits per heavy atom. The van der Waals surface area contributed by atoms with E-state index in [1.807, 2.05) is 93.1 Å². The number of fused-ring (bicyclic) bond motifs is 1. The minimum Gasteiger partial charge on any atom is -0.493 e. The Morgan fingerprint density at radius 1 is 0.923 bits per heavy atom. The summed E-state index contributed by atoms with van der Waals surface area (Å²) in [7, 11) is 5.64. The molecule has 1 fully saturated rings. The Morgan fingerprint density at radius 2 is 1.56 bits per heavy atom. The topological polar surface area (TPSA) is 71.6 Å². The van der Waals surface area contributed by atoms with E-state index >= 15 is 0 Å². The molecule has 2 aliphatic rings. The summed E-state index contributed by atoms with van der Waals surface area (Å²) in [6.45, 7) is 15.4. The number of ether oxygens (including phenoxy) is 3. The fraction of sp³-hybridized carbons (Fsp3) is 0.535. The van der Waals surface area contributed by atoms with Crippen LogP contribution in [0.3, 0.4) is 0 Å². The molecule has 0 bridgehead atoms. The largest absolute Gasteiger partial charge is 0.493 e. The van der Waals surface area contributed by atoms with Gasteiger partial charge in [-0.25, -0.2) is 4.79 Å². The van der Waals surface area contributed by atoms with Crippen LogP contribution in [0.5, 0.6) is 11.5 Å². The quantitative estimate of drug-likeness (QED) is 0.196. The van der Waals surface area contributed by atoms with Crippen molar-refractivity contribution in [2.75, 3.05) is 37.5 Å². The van der Waals surface area contributed by atoms with Crippen molar-refractivity contribution in [3.63, 3.8) is 0 Å². The Labute approximate surface area is 316 Å². The van der Waals surface area contributed by atoms with Crippen LogP contribution >= 0.6 is 11.6 Å². The van der Waals surface area contributed by atoms with E-state index in [2.05, 4.69) is 44.9 Å². The van der Waals surface area contributed by atoms with Gasteiger partial charge in [-0.3, -0.25) is 4.79 Å². The lowest BCUT2D eigenvalue weighted by Crippen LogP contribution is -2.44. The van der Waals surface area contributed by atoms with Gasteiger partial charge in [-0.1, -0.05) is 44.5 Å². The van der Waals surface area contributed by atoms with Crippen LogP contribution in [0.2, 0.25) is 5.02 Å². The number of rotatable bonds is 11. The third kappa shape index (κ3) is 9.54. The number of halogens is 1. The molecular weight excluding hydrogens is 674 g/mol. The average molecular weight is 732 g/mol. The van der Waals surface area contributed by atoms with Crippen molar-refractivity contribution in [3.8, 4) is 11.5 Å². The van der Waals surface area contributed by atoms with Gasteiger partial charge in [0.15, 0.2) is 11.5 Å². The summed E-state index contributed by atoms with van der Waals surface area (Å²) in [6.07, 6.45) is 4.81. The molecule has 1 aliphatic heterocycles. The van der Waals surface area contributed by atoms with E-state index in [0.717, 1.165) is 66.7 Å². The van der Waals surface area contributed by atoms with E-state index in [9.17, 15) is 9.59 Å². The van der Waals surface area contributed by atoms with Gasteiger partial charge < -0.3 is 28.9 Å². The molecule has 0 N–H and O–H groups in total. The number of amides is 2. The maximum atomic E-state index is 14.0. The summed E-state index contributed by atoms with van der Waals surface area (Å²) < 4.78 is 17.8. The van der Waals surface area contributed by atoms with E-state index in [4.69, 9.17) is 25.8 Å². The molecule has 1 atom stereocenters. The van der Waals surface area contributed by atoms with Crippen LogP contribution in [0.4, 0.5) is 16.2 Å². The number of carbonyl (C=O) groups is 2. The third-order valence-electron chi connectivity index (χ3n) is 10.2. The molecule has 1 heterocycles. The van der Waals surface area contributed by atoms with Crippen molar-refractivity contribution < 1.29 is 23.8 Å². The van der Waals surface area contributed by atoms with Crippen molar-refractivity contribution in [3.05, 3.63) is 82.4 Å². The zero-order valence-electron chi connectivity index (χ0n) is 32.8. The van der Waals surface area contributed by atoms with Gasteiger partial charge in [0.1, 0.15) is 5.60 Å². The molecule has 8 nitrogen and oxygen atoms in total. The monoisotopic (exact) mass is 731 g/mol. The summed E-state index contributed by atoms with van der Waals surface area (Å²) in [5, 5.41) is 0.641. The first-order valence-corrected chi connectivity index (χ1v) is 19.0. The van der Waals surface area contributed by atoms with Crippen molar-refractivity contribution in [1.29, 1.82) is 0 Å².